The molecule has 0 bridgehead atoms. The van der Waals surface area contributed by atoms with Crippen molar-refractivity contribution in [2.75, 3.05) is 13.2 Å². The fraction of sp³-hybridized carbons (Fsp3) is 0.200. The van der Waals surface area contributed by atoms with Crippen LogP contribution < -0.4 is 5.19 Å². The number of rotatable bonds is 7. The van der Waals surface area contributed by atoms with Crippen molar-refractivity contribution in [2.45, 2.75) is 13.8 Å². The zero-order valence-electron chi connectivity index (χ0n) is 14.5. The monoisotopic (exact) mass is 349 g/mol. The van der Waals surface area contributed by atoms with Gasteiger partial charge in [-0.1, -0.05) is 36.4 Å². The predicted molar refractivity (Wildman–Crippen MR) is 102 cm³/mol. The first-order valence-electron chi connectivity index (χ1n) is 8.42. The minimum Gasteiger partial charge on any atom is -0.390 e. The van der Waals surface area contributed by atoms with Crippen LogP contribution in [-0.4, -0.2) is 32.5 Å². The van der Waals surface area contributed by atoms with Gasteiger partial charge in [-0.3, -0.25) is 9.97 Å². The summed E-state index contributed by atoms with van der Waals surface area (Å²) in [6.07, 6.45) is 3.66. The average molecular weight is 349 g/mol. The molecule has 0 unspecified atom stereocenters. The smallest absolute Gasteiger partial charge is 0.390 e. The first-order valence-corrected chi connectivity index (χ1v) is 9.74. The first-order chi connectivity index (χ1) is 12.3. The van der Waals surface area contributed by atoms with Gasteiger partial charge in [0.25, 0.3) is 0 Å². The molecule has 25 heavy (non-hydrogen) atoms. The number of pyridine rings is 2. The molecule has 0 aliphatic heterocycles. The Balaban J connectivity index is 1.78. The number of nitrogens with zero attached hydrogens (tertiary/aromatic N) is 2. The molecule has 0 N–H and O–H groups in total. The molecule has 0 aliphatic rings. The van der Waals surface area contributed by atoms with Gasteiger partial charge < -0.3 is 8.85 Å². The van der Waals surface area contributed by atoms with Crippen LogP contribution in [-0.2, 0) is 8.85 Å². The highest BCUT2D eigenvalue weighted by molar-refractivity contribution is 6.61. The second kappa shape index (κ2) is 8.67. The average Bonchev–Trinajstić information content (AvgIpc) is 2.69. The molecule has 1 aromatic carbocycles. The van der Waals surface area contributed by atoms with Crippen LogP contribution >= 0.6 is 0 Å². The molecule has 0 aliphatic carbocycles. The lowest BCUT2D eigenvalue weighted by Crippen LogP contribution is -2.36. The van der Waals surface area contributed by atoms with Crippen molar-refractivity contribution in [2.24, 2.45) is 0 Å². The second-order valence-electron chi connectivity index (χ2n) is 5.38. The van der Waals surface area contributed by atoms with Gasteiger partial charge in [0.1, 0.15) is 0 Å². The SMILES string of the molecule is CCO[Si](OCC)c1ccc(-c2ccc(-c3ccccn3)nc2)cc1. The molecule has 0 fully saturated rings. The largest absolute Gasteiger partial charge is 0.423 e. The fourth-order valence-corrected chi connectivity index (χ4v) is 3.88. The maximum Gasteiger partial charge on any atom is 0.423 e. The highest BCUT2D eigenvalue weighted by Gasteiger charge is 2.17. The maximum absolute atomic E-state index is 5.74. The lowest BCUT2D eigenvalue weighted by Gasteiger charge is -2.13. The van der Waals surface area contributed by atoms with Crippen molar-refractivity contribution in [1.29, 1.82) is 0 Å². The highest BCUT2D eigenvalue weighted by atomic mass is 28.3. The molecular formula is C20H21N2O2Si. The minimum absolute atomic E-state index is 0.662. The summed E-state index contributed by atoms with van der Waals surface area (Å²) >= 11 is 0. The first kappa shape index (κ1) is 17.5. The van der Waals surface area contributed by atoms with Crippen molar-refractivity contribution >= 4 is 14.5 Å². The lowest BCUT2D eigenvalue weighted by molar-refractivity contribution is 0.225. The molecule has 3 aromatic rings. The van der Waals surface area contributed by atoms with Crippen LogP contribution in [0.4, 0.5) is 0 Å². The zero-order chi connectivity index (χ0) is 17.5. The van der Waals surface area contributed by atoms with Crippen molar-refractivity contribution in [3.8, 4) is 22.5 Å². The van der Waals surface area contributed by atoms with Crippen LogP contribution in [0.1, 0.15) is 13.8 Å². The van der Waals surface area contributed by atoms with E-state index < -0.39 is 9.28 Å². The van der Waals surface area contributed by atoms with Crippen LogP contribution in [0.2, 0.25) is 0 Å². The van der Waals surface area contributed by atoms with E-state index in [1.807, 2.05) is 44.3 Å². The van der Waals surface area contributed by atoms with Crippen LogP contribution in [0, 0.1) is 0 Å². The molecule has 0 spiro atoms. The van der Waals surface area contributed by atoms with Crippen LogP contribution in [0.3, 0.4) is 0 Å². The molecule has 5 heteroatoms. The van der Waals surface area contributed by atoms with E-state index in [0.717, 1.165) is 27.7 Å². The molecule has 3 rings (SSSR count). The summed E-state index contributed by atoms with van der Waals surface area (Å²) in [4.78, 5) is 8.87. The Bertz CT molecular complexity index is 771. The van der Waals surface area contributed by atoms with Gasteiger partial charge in [-0.25, -0.2) is 0 Å². The third-order valence-electron chi connectivity index (χ3n) is 3.70. The summed E-state index contributed by atoms with van der Waals surface area (Å²) in [5, 5.41) is 1.12. The van der Waals surface area contributed by atoms with Gasteiger partial charge in [0.2, 0.25) is 0 Å². The molecule has 4 nitrogen and oxygen atoms in total. The summed E-state index contributed by atoms with van der Waals surface area (Å²) in [6, 6.07) is 18.3. The molecule has 2 aromatic heterocycles. The van der Waals surface area contributed by atoms with Crippen LogP contribution in [0.25, 0.3) is 22.5 Å². The molecule has 0 atom stereocenters. The van der Waals surface area contributed by atoms with E-state index in [4.69, 9.17) is 8.85 Å². The minimum atomic E-state index is -1.39. The van der Waals surface area contributed by atoms with E-state index >= 15 is 0 Å². The molecular weight excluding hydrogens is 328 g/mol. The van der Waals surface area contributed by atoms with Crippen molar-refractivity contribution in [3.05, 3.63) is 67.0 Å². The zero-order valence-corrected chi connectivity index (χ0v) is 15.5. The summed E-state index contributed by atoms with van der Waals surface area (Å²) in [7, 11) is -1.39. The summed E-state index contributed by atoms with van der Waals surface area (Å²) in [6.45, 7) is 5.31. The van der Waals surface area contributed by atoms with Gasteiger partial charge in [0.05, 0.1) is 11.4 Å². The Morgan fingerprint density at radius 3 is 2.00 bits per heavy atom. The third kappa shape index (κ3) is 4.39. The predicted octanol–water partition coefficient (Wildman–Crippen LogP) is 3.58. The van der Waals surface area contributed by atoms with Gasteiger partial charge >= 0.3 is 9.28 Å². The van der Waals surface area contributed by atoms with E-state index in [1.165, 1.54) is 0 Å². The maximum atomic E-state index is 5.74. The summed E-state index contributed by atoms with van der Waals surface area (Å²) in [5.41, 5.74) is 3.95. The number of hydrogen-bond acceptors (Lipinski definition) is 4. The van der Waals surface area contributed by atoms with E-state index in [-0.39, 0.29) is 0 Å². The van der Waals surface area contributed by atoms with E-state index in [9.17, 15) is 0 Å². The van der Waals surface area contributed by atoms with Crippen LogP contribution in [0.15, 0.2) is 67.0 Å². The Morgan fingerprint density at radius 2 is 1.44 bits per heavy atom. The third-order valence-corrected chi connectivity index (χ3v) is 5.60. The second-order valence-corrected chi connectivity index (χ2v) is 7.11. The fourth-order valence-electron chi connectivity index (χ4n) is 2.50. The lowest BCUT2D eigenvalue weighted by atomic mass is 10.1. The molecule has 2 heterocycles. The molecule has 1 radical (unpaired) electrons. The van der Waals surface area contributed by atoms with Gasteiger partial charge in [-0.15, -0.1) is 0 Å². The Kier molecular flexibility index (Phi) is 6.06. The van der Waals surface area contributed by atoms with Gasteiger partial charge in [-0.05, 0) is 42.8 Å². The van der Waals surface area contributed by atoms with E-state index in [2.05, 4.69) is 40.3 Å². The van der Waals surface area contributed by atoms with Gasteiger partial charge in [0.15, 0.2) is 0 Å². The summed E-state index contributed by atoms with van der Waals surface area (Å²) < 4.78 is 11.5. The normalized spacial score (nSPS) is 11.0. The summed E-state index contributed by atoms with van der Waals surface area (Å²) in [5.74, 6) is 0. The van der Waals surface area contributed by atoms with Crippen molar-refractivity contribution < 1.29 is 8.85 Å². The van der Waals surface area contributed by atoms with Gasteiger partial charge in [-0.2, -0.15) is 0 Å². The molecule has 127 valence electrons. The Labute approximate surface area is 150 Å². The number of hydrogen-bond donors (Lipinski definition) is 0. The Morgan fingerprint density at radius 1 is 0.760 bits per heavy atom. The molecule has 0 saturated heterocycles. The van der Waals surface area contributed by atoms with E-state index in [1.54, 1.807) is 6.20 Å². The number of benzene rings is 1. The molecule has 0 amide bonds. The Hall–Kier alpha value is -2.34. The van der Waals surface area contributed by atoms with Crippen molar-refractivity contribution in [3.63, 3.8) is 0 Å². The van der Waals surface area contributed by atoms with Crippen LogP contribution in [0.5, 0.6) is 0 Å². The molecule has 0 saturated carbocycles. The van der Waals surface area contributed by atoms with Crippen molar-refractivity contribution in [1.82, 2.24) is 9.97 Å². The number of aromatic nitrogens is 2. The van der Waals surface area contributed by atoms with Gasteiger partial charge in [0, 0.05) is 31.2 Å². The van der Waals surface area contributed by atoms with E-state index in [0.29, 0.717) is 13.2 Å². The standard InChI is InChI=1S/C20H21N2O2Si/c1-3-23-25(24-4-2)18-11-8-16(9-12-18)17-10-13-20(22-15-17)19-7-5-6-14-21-19/h5-15H,3-4H2,1-2H3. The quantitative estimate of drug-likeness (QED) is 0.612. The highest BCUT2D eigenvalue weighted by Crippen LogP contribution is 2.21. The topological polar surface area (TPSA) is 44.2 Å².